The van der Waals surface area contributed by atoms with Crippen LogP contribution in [0.25, 0.3) is 11.3 Å². The molecule has 0 bridgehead atoms. The van der Waals surface area contributed by atoms with E-state index in [1.54, 1.807) is 55.3 Å². The summed E-state index contributed by atoms with van der Waals surface area (Å²) in [5.41, 5.74) is 2.01. The average molecular weight is 472 g/mol. The maximum absolute atomic E-state index is 12.8. The molecule has 4 aromatic rings. The van der Waals surface area contributed by atoms with Crippen LogP contribution in [0.15, 0.2) is 41.2 Å². The minimum atomic E-state index is -0.669. The van der Waals surface area contributed by atoms with Gasteiger partial charge in [-0.25, -0.2) is 5.10 Å². The molecule has 2 N–H and O–H groups in total. The first-order valence-corrected chi connectivity index (χ1v) is 10.1. The molecule has 12 heteroatoms. The number of hydrogen-bond donors (Lipinski definition) is 2. The first kappa shape index (κ1) is 20.3. The molecule has 32 heavy (non-hydrogen) atoms. The molecular weight excluding hydrogens is 457 g/mol. The van der Waals surface area contributed by atoms with E-state index in [-0.39, 0.29) is 11.6 Å². The number of H-pyrrole nitrogens is 1. The minimum Gasteiger partial charge on any atom is -0.497 e. The van der Waals surface area contributed by atoms with Gasteiger partial charge in [0, 0.05) is 21.7 Å². The van der Waals surface area contributed by atoms with Gasteiger partial charge in [-0.3, -0.25) is 4.79 Å². The summed E-state index contributed by atoms with van der Waals surface area (Å²) < 4.78 is 12.6. The Morgan fingerprint density at radius 3 is 2.69 bits per heavy atom. The van der Waals surface area contributed by atoms with Crippen LogP contribution >= 0.6 is 23.2 Å². The van der Waals surface area contributed by atoms with Gasteiger partial charge >= 0.3 is 0 Å². The molecule has 0 aliphatic carbocycles. The van der Waals surface area contributed by atoms with Crippen molar-refractivity contribution in [3.63, 3.8) is 0 Å². The van der Waals surface area contributed by atoms with Gasteiger partial charge in [-0.15, -0.1) is 0 Å². The zero-order valence-electron chi connectivity index (χ0n) is 16.8. The van der Waals surface area contributed by atoms with E-state index in [1.165, 1.54) is 0 Å². The van der Waals surface area contributed by atoms with Crippen molar-refractivity contribution < 1.29 is 9.47 Å². The van der Waals surface area contributed by atoms with Crippen molar-refractivity contribution in [1.29, 1.82) is 0 Å². The smallest absolute Gasteiger partial charge is 0.288 e. The lowest BCUT2D eigenvalue weighted by molar-refractivity contribution is 0.392. The lowest BCUT2D eigenvalue weighted by Gasteiger charge is -2.29. The molecule has 5 rings (SSSR count). The third-order valence-corrected chi connectivity index (χ3v) is 5.73. The number of benzene rings is 2. The molecule has 3 heterocycles. The number of ether oxygens (including phenoxy) is 2. The van der Waals surface area contributed by atoms with Gasteiger partial charge in [0.15, 0.2) is 0 Å². The van der Waals surface area contributed by atoms with E-state index in [9.17, 15) is 4.79 Å². The molecule has 0 spiro atoms. The molecule has 0 saturated heterocycles. The molecule has 1 aliphatic heterocycles. The van der Waals surface area contributed by atoms with E-state index in [0.29, 0.717) is 43.9 Å². The third kappa shape index (κ3) is 3.15. The molecule has 0 amide bonds. The van der Waals surface area contributed by atoms with E-state index >= 15 is 0 Å². The first-order chi connectivity index (χ1) is 15.5. The second kappa shape index (κ2) is 7.81. The SMILES string of the molecule is COc1ccc(OC)c([C@@H]2c3c(-c4ccc(Cl)cc4Cl)n[nH]c(=O)c3Nc3nnnn32)c1. The Labute approximate surface area is 191 Å². The van der Waals surface area contributed by atoms with E-state index < -0.39 is 11.6 Å². The predicted molar refractivity (Wildman–Crippen MR) is 118 cm³/mol. The summed E-state index contributed by atoms with van der Waals surface area (Å²) in [6.07, 6.45) is 0. The molecule has 162 valence electrons. The van der Waals surface area contributed by atoms with Crippen LogP contribution in [0.2, 0.25) is 10.0 Å². The van der Waals surface area contributed by atoms with E-state index in [4.69, 9.17) is 32.7 Å². The first-order valence-electron chi connectivity index (χ1n) is 9.36. The van der Waals surface area contributed by atoms with Crippen LogP contribution in [0.4, 0.5) is 11.6 Å². The van der Waals surface area contributed by atoms with Crippen LogP contribution in [-0.2, 0) is 0 Å². The van der Waals surface area contributed by atoms with Gasteiger partial charge < -0.3 is 14.8 Å². The van der Waals surface area contributed by atoms with Gasteiger partial charge in [-0.2, -0.15) is 9.78 Å². The summed E-state index contributed by atoms with van der Waals surface area (Å²) in [6.45, 7) is 0. The van der Waals surface area contributed by atoms with E-state index in [2.05, 4.69) is 31.0 Å². The Hall–Kier alpha value is -3.63. The lowest BCUT2D eigenvalue weighted by atomic mass is 9.91. The number of aromatic amines is 1. The van der Waals surface area contributed by atoms with Crippen molar-refractivity contribution in [1.82, 2.24) is 30.4 Å². The number of aromatic nitrogens is 6. The maximum Gasteiger partial charge on any atom is 0.288 e. The Morgan fingerprint density at radius 1 is 1.09 bits per heavy atom. The van der Waals surface area contributed by atoms with Crippen molar-refractivity contribution in [3.05, 3.63) is 67.9 Å². The van der Waals surface area contributed by atoms with Crippen molar-refractivity contribution in [2.24, 2.45) is 0 Å². The van der Waals surface area contributed by atoms with Crippen LogP contribution < -0.4 is 20.3 Å². The van der Waals surface area contributed by atoms with Gasteiger partial charge in [0.25, 0.3) is 5.56 Å². The maximum atomic E-state index is 12.8. The zero-order valence-corrected chi connectivity index (χ0v) is 18.3. The van der Waals surface area contributed by atoms with E-state index in [1.807, 2.05) is 0 Å². The molecule has 0 fully saturated rings. The predicted octanol–water partition coefficient (Wildman–Crippen LogP) is 3.44. The molecule has 10 nitrogen and oxygen atoms in total. The van der Waals surface area contributed by atoms with E-state index in [0.717, 1.165) is 0 Å². The van der Waals surface area contributed by atoms with Crippen LogP contribution in [0, 0.1) is 0 Å². The summed E-state index contributed by atoms with van der Waals surface area (Å²) in [5, 5.41) is 22.6. The minimum absolute atomic E-state index is 0.248. The number of fused-ring (bicyclic) bond motifs is 2. The summed E-state index contributed by atoms with van der Waals surface area (Å²) >= 11 is 12.6. The summed E-state index contributed by atoms with van der Waals surface area (Å²) in [7, 11) is 3.12. The van der Waals surface area contributed by atoms with Crippen molar-refractivity contribution in [2.45, 2.75) is 6.04 Å². The highest BCUT2D eigenvalue weighted by molar-refractivity contribution is 6.36. The molecule has 0 unspecified atom stereocenters. The Bertz CT molecular complexity index is 1400. The molecule has 1 aliphatic rings. The van der Waals surface area contributed by atoms with Crippen LogP contribution in [0.3, 0.4) is 0 Å². The Kier molecular flexibility index (Phi) is 4.95. The lowest BCUT2D eigenvalue weighted by Crippen LogP contribution is -2.29. The number of hydrogen-bond acceptors (Lipinski definition) is 8. The number of nitrogens with one attached hydrogen (secondary N) is 2. The van der Waals surface area contributed by atoms with Gasteiger partial charge in [-0.1, -0.05) is 28.3 Å². The number of anilines is 2. The molecular formula is C20H15Cl2N7O3. The Balaban J connectivity index is 1.86. The second-order valence-corrected chi connectivity index (χ2v) is 7.74. The van der Waals surface area contributed by atoms with Gasteiger partial charge in [0.1, 0.15) is 28.9 Å². The van der Waals surface area contributed by atoms with Gasteiger partial charge in [0.2, 0.25) is 5.95 Å². The summed E-state index contributed by atoms with van der Waals surface area (Å²) in [5.74, 6) is 1.44. The molecule has 2 aromatic heterocycles. The highest BCUT2D eigenvalue weighted by atomic mass is 35.5. The molecule has 0 radical (unpaired) electrons. The number of halogens is 2. The van der Waals surface area contributed by atoms with Crippen molar-refractivity contribution in [3.8, 4) is 22.8 Å². The topological polar surface area (TPSA) is 120 Å². The third-order valence-electron chi connectivity index (χ3n) is 5.19. The Morgan fingerprint density at radius 2 is 1.94 bits per heavy atom. The average Bonchev–Trinajstić information content (AvgIpc) is 3.27. The number of rotatable bonds is 4. The van der Waals surface area contributed by atoms with Crippen LogP contribution in [0.1, 0.15) is 17.2 Å². The van der Waals surface area contributed by atoms with Crippen LogP contribution in [0.5, 0.6) is 11.5 Å². The van der Waals surface area contributed by atoms with Crippen LogP contribution in [-0.4, -0.2) is 44.6 Å². The fourth-order valence-corrected chi connectivity index (χ4v) is 4.26. The molecule has 2 aromatic carbocycles. The normalized spacial score (nSPS) is 14.3. The summed E-state index contributed by atoms with van der Waals surface area (Å²) in [6, 6.07) is 9.73. The van der Waals surface area contributed by atoms with Gasteiger partial charge in [0.05, 0.1) is 19.2 Å². The summed E-state index contributed by atoms with van der Waals surface area (Å²) in [4.78, 5) is 12.8. The monoisotopic (exact) mass is 471 g/mol. The number of methoxy groups -OCH3 is 2. The number of nitrogens with zero attached hydrogens (tertiary/aromatic N) is 5. The highest BCUT2D eigenvalue weighted by Gasteiger charge is 2.36. The number of tetrazole rings is 1. The molecule has 1 atom stereocenters. The van der Waals surface area contributed by atoms with Crippen molar-refractivity contribution in [2.75, 3.05) is 19.5 Å². The highest BCUT2D eigenvalue weighted by Crippen LogP contribution is 2.45. The fraction of sp³-hybridized carbons (Fsp3) is 0.150. The zero-order chi connectivity index (χ0) is 22.4. The largest absolute Gasteiger partial charge is 0.497 e. The second-order valence-electron chi connectivity index (χ2n) is 6.90. The molecule has 0 saturated carbocycles. The fourth-order valence-electron chi connectivity index (χ4n) is 3.76. The van der Waals surface area contributed by atoms with Crippen molar-refractivity contribution >= 4 is 34.8 Å². The van der Waals surface area contributed by atoms with Gasteiger partial charge in [-0.05, 0) is 46.8 Å². The standard InChI is InChI=1S/C20H15Cl2N7O3/c1-31-10-4-6-14(32-2)12(8-10)18-15-16(11-5-3-9(21)7-13(11)22)24-25-19(30)17(15)23-20-26-27-28-29(18)20/h3-8,18H,1-2H3,(H,25,30)(H,23,26,28)/t18-/m1/s1. The quantitative estimate of drug-likeness (QED) is 0.408.